The molecule has 0 aliphatic rings. The van der Waals surface area contributed by atoms with Crippen molar-refractivity contribution in [3.8, 4) is 0 Å². The van der Waals surface area contributed by atoms with Crippen molar-refractivity contribution < 1.29 is 14.3 Å². The highest BCUT2D eigenvalue weighted by molar-refractivity contribution is 5.73. The minimum absolute atomic E-state index is 0.0175. The van der Waals surface area contributed by atoms with Crippen molar-refractivity contribution in [1.82, 2.24) is 0 Å². The normalized spacial score (nSPS) is 8.86. The first-order chi connectivity index (χ1) is 6.83. The molecule has 0 radical (unpaired) electrons. The van der Waals surface area contributed by atoms with Crippen LogP contribution in [0.15, 0.2) is 36.4 Å². The molecule has 1 aromatic rings. The predicted octanol–water partition coefficient (Wildman–Crippen LogP) is 1.51. The zero-order valence-electron chi connectivity index (χ0n) is 7.60. The Morgan fingerprint density at radius 3 is 2.71 bits per heavy atom. The van der Waals surface area contributed by atoms with Crippen LogP contribution in [0.4, 0.5) is 0 Å². The fourth-order valence-corrected chi connectivity index (χ4v) is 0.922. The third-order valence-corrected chi connectivity index (χ3v) is 1.59. The Morgan fingerprint density at radius 1 is 1.36 bits per heavy atom. The van der Waals surface area contributed by atoms with Crippen LogP contribution in [0.5, 0.6) is 0 Å². The van der Waals surface area contributed by atoms with Crippen molar-refractivity contribution in [1.29, 1.82) is 0 Å². The maximum Gasteiger partial charge on any atom is 0.310 e. The molecule has 1 aromatic carbocycles. The maximum atomic E-state index is 10.9. The average molecular weight is 190 g/mol. The van der Waals surface area contributed by atoms with Crippen molar-refractivity contribution in [2.45, 2.75) is 13.0 Å². The molecule has 0 aliphatic carbocycles. The van der Waals surface area contributed by atoms with Gasteiger partial charge in [0.1, 0.15) is 12.5 Å². The van der Waals surface area contributed by atoms with E-state index in [1.807, 2.05) is 30.3 Å². The van der Waals surface area contributed by atoms with E-state index in [1.54, 1.807) is 0 Å². The topological polar surface area (TPSA) is 43.4 Å². The molecule has 14 heavy (non-hydrogen) atoms. The fourth-order valence-electron chi connectivity index (χ4n) is 0.922. The van der Waals surface area contributed by atoms with E-state index in [9.17, 15) is 9.59 Å². The van der Waals surface area contributed by atoms with Gasteiger partial charge in [0.05, 0.1) is 6.42 Å². The summed E-state index contributed by atoms with van der Waals surface area (Å²) in [6.07, 6.45) is 1.09. The van der Waals surface area contributed by atoms with Gasteiger partial charge >= 0.3 is 5.97 Å². The molecule has 3 heteroatoms. The SMILES string of the molecule is O=C=CCC(=O)OCc1ccccc1. The summed E-state index contributed by atoms with van der Waals surface area (Å²) in [5, 5.41) is 0. The lowest BCUT2D eigenvalue weighted by atomic mass is 10.2. The molecular formula is C11H10O3. The Morgan fingerprint density at radius 2 is 2.07 bits per heavy atom. The van der Waals surface area contributed by atoms with Crippen LogP contribution in [0.2, 0.25) is 0 Å². The first-order valence-corrected chi connectivity index (χ1v) is 4.22. The minimum atomic E-state index is -0.419. The van der Waals surface area contributed by atoms with E-state index >= 15 is 0 Å². The molecule has 0 atom stereocenters. The monoisotopic (exact) mass is 190 g/mol. The van der Waals surface area contributed by atoms with Gasteiger partial charge < -0.3 is 4.74 Å². The van der Waals surface area contributed by atoms with Crippen molar-refractivity contribution >= 4 is 11.9 Å². The number of ether oxygens (including phenoxy) is 1. The predicted molar refractivity (Wildman–Crippen MR) is 51.1 cm³/mol. The van der Waals surface area contributed by atoms with E-state index in [-0.39, 0.29) is 13.0 Å². The molecule has 0 saturated carbocycles. The van der Waals surface area contributed by atoms with E-state index in [0.717, 1.165) is 11.6 Å². The van der Waals surface area contributed by atoms with Gasteiger partial charge in [-0.25, -0.2) is 4.79 Å². The molecule has 0 heterocycles. The summed E-state index contributed by atoms with van der Waals surface area (Å²) in [7, 11) is 0. The second-order valence-electron chi connectivity index (χ2n) is 2.67. The zero-order valence-corrected chi connectivity index (χ0v) is 7.60. The largest absolute Gasteiger partial charge is 0.461 e. The van der Waals surface area contributed by atoms with Crippen molar-refractivity contribution in [3.05, 3.63) is 42.0 Å². The lowest BCUT2D eigenvalue weighted by molar-refractivity contribution is -0.143. The van der Waals surface area contributed by atoms with E-state index in [1.165, 1.54) is 5.94 Å². The van der Waals surface area contributed by atoms with Gasteiger partial charge in [-0.3, -0.25) is 4.79 Å². The Kier molecular flexibility index (Phi) is 4.18. The molecule has 0 saturated heterocycles. The Hall–Kier alpha value is -1.86. The maximum absolute atomic E-state index is 10.9. The molecule has 0 aliphatic heterocycles. The smallest absolute Gasteiger partial charge is 0.310 e. The third kappa shape index (κ3) is 3.70. The molecular weight excluding hydrogens is 180 g/mol. The van der Waals surface area contributed by atoms with E-state index in [2.05, 4.69) is 0 Å². The molecule has 3 nitrogen and oxygen atoms in total. The second kappa shape index (κ2) is 5.73. The number of hydrogen-bond acceptors (Lipinski definition) is 3. The molecule has 0 aromatic heterocycles. The Balaban J connectivity index is 2.34. The highest BCUT2D eigenvalue weighted by Crippen LogP contribution is 2.01. The van der Waals surface area contributed by atoms with Gasteiger partial charge in [-0.05, 0) is 5.56 Å². The minimum Gasteiger partial charge on any atom is -0.461 e. The van der Waals surface area contributed by atoms with E-state index in [4.69, 9.17) is 4.74 Å². The van der Waals surface area contributed by atoms with Crippen LogP contribution in [0.3, 0.4) is 0 Å². The van der Waals surface area contributed by atoms with Crippen LogP contribution in [0, 0.1) is 0 Å². The van der Waals surface area contributed by atoms with Gasteiger partial charge in [0, 0.05) is 6.08 Å². The number of rotatable bonds is 4. The first-order valence-electron chi connectivity index (χ1n) is 4.22. The van der Waals surface area contributed by atoms with Crippen LogP contribution in [0.25, 0.3) is 0 Å². The van der Waals surface area contributed by atoms with E-state index < -0.39 is 5.97 Å². The molecule has 0 unspecified atom stereocenters. The third-order valence-electron chi connectivity index (χ3n) is 1.59. The number of benzene rings is 1. The summed E-state index contributed by atoms with van der Waals surface area (Å²) in [6.45, 7) is 0.242. The lowest BCUT2D eigenvalue weighted by Crippen LogP contribution is -2.02. The lowest BCUT2D eigenvalue weighted by Gasteiger charge is -2.01. The fraction of sp³-hybridized carbons (Fsp3) is 0.182. The van der Waals surface area contributed by atoms with Crippen molar-refractivity contribution in [2.24, 2.45) is 0 Å². The quantitative estimate of drug-likeness (QED) is 0.534. The summed E-state index contributed by atoms with van der Waals surface area (Å²) in [6, 6.07) is 9.36. The highest BCUT2D eigenvalue weighted by atomic mass is 16.5. The Labute approximate surface area is 82.0 Å². The van der Waals surface area contributed by atoms with Gasteiger partial charge in [-0.1, -0.05) is 30.3 Å². The average Bonchev–Trinajstić information content (AvgIpc) is 2.25. The molecule has 0 spiro atoms. The number of carbonyl (C=O) groups is 1. The van der Waals surface area contributed by atoms with Crippen LogP contribution in [-0.2, 0) is 20.9 Å². The highest BCUT2D eigenvalue weighted by Gasteiger charge is 1.99. The molecule has 0 bridgehead atoms. The summed E-state index contributed by atoms with van der Waals surface area (Å²) < 4.78 is 4.88. The van der Waals surface area contributed by atoms with Crippen molar-refractivity contribution in [3.63, 3.8) is 0 Å². The van der Waals surface area contributed by atoms with Crippen LogP contribution in [0.1, 0.15) is 12.0 Å². The zero-order chi connectivity index (χ0) is 10.2. The van der Waals surface area contributed by atoms with E-state index in [0.29, 0.717) is 0 Å². The number of esters is 1. The Bertz CT molecular complexity index is 337. The molecule has 1 rings (SSSR count). The van der Waals surface area contributed by atoms with Gasteiger partial charge in [0.25, 0.3) is 0 Å². The molecule has 0 N–H and O–H groups in total. The van der Waals surface area contributed by atoms with Gasteiger partial charge in [-0.2, -0.15) is 0 Å². The second-order valence-corrected chi connectivity index (χ2v) is 2.67. The molecule has 72 valence electrons. The van der Waals surface area contributed by atoms with Crippen molar-refractivity contribution in [2.75, 3.05) is 0 Å². The van der Waals surface area contributed by atoms with Gasteiger partial charge in [0.15, 0.2) is 0 Å². The summed E-state index contributed by atoms with van der Waals surface area (Å²) in [5.41, 5.74) is 0.927. The molecule has 0 amide bonds. The van der Waals surface area contributed by atoms with Crippen LogP contribution >= 0.6 is 0 Å². The number of hydrogen-bond donors (Lipinski definition) is 0. The van der Waals surface area contributed by atoms with Gasteiger partial charge in [0.2, 0.25) is 0 Å². The van der Waals surface area contributed by atoms with Crippen LogP contribution < -0.4 is 0 Å². The van der Waals surface area contributed by atoms with Crippen LogP contribution in [-0.4, -0.2) is 11.9 Å². The summed E-state index contributed by atoms with van der Waals surface area (Å²) >= 11 is 0. The summed E-state index contributed by atoms with van der Waals surface area (Å²) in [5.74, 6) is 1.10. The standard InChI is InChI=1S/C11H10O3/c12-8-4-7-11(13)14-9-10-5-2-1-3-6-10/h1-6H,7,9H2. The first kappa shape index (κ1) is 10.2. The van der Waals surface area contributed by atoms with Gasteiger partial charge in [-0.15, -0.1) is 0 Å². The summed E-state index contributed by atoms with van der Waals surface area (Å²) in [4.78, 5) is 20.7. The number of carbonyl (C=O) groups excluding carboxylic acids is 2. The molecule has 0 fully saturated rings.